The van der Waals surface area contributed by atoms with Crippen LogP contribution in [0.25, 0.3) is 16.8 Å². The summed E-state index contributed by atoms with van der Waals surface area (Å²) in [7, 11) is 0. The molecule has 0 radical (unpaired) electrons. The van der Waals surface area contributed by atoms with Crippen molar-refractivity contribution in [1.82, 2.24) is 4.98 Å². The Morgan fingerprint density at radius 3 is 2.50 bits per heavy atom. The van der Waals surface area contributed by atoms with Crippen LogP contribution in [-0.2, 0) is 11.8 Å². The van der Waals surface area contributed by atoms with E-state index in [2.05, 4.69) is 62.2 Å². The third kappa shape index (κ3) is 2.68. The molecule has 2 nitrogen and oxygen atoms in total. The number of hydrogen-bond acceptors (Lipinski definition) is 2. The Bertz CT molecular complexity index is 1220. The summed E-state index contributed by atoms with van der Waals surface area (Å²) in [6.45, 7) is 8.55. The van der Waals surface area contributed by atoms with Gasteiger partial charge in [0.2, 0.25) is 0 Å². The molecule has 0 spiro atoms. The number of halogens is 1. The Labute approximate surface area is 177 Å². The van der Waals surface area contributed by atoms with Gasteiger partial charge in [-0.3, -0.25) is 9.98 Å². The van der Waals surface area contributed by atoms with Crippen LogP contribution in [0.2, 0.25) is 0 Å². The van der Waals surface area contributed by atoms with E-state index < -0.39 is 0 Å². The van der Waals surface area contributed by atoms with Gasteiger partial charge in [0.25, 0.3) is 0 Å². The number of fused-ring (bicyclic) bond motifs is 2. The van der Waals surface area contributed by atoms with E-state index in [9.17, 15) is 0 Å². The molecule has 1 aliphatic heterocycles. The number of benzene rings is 2. The molecule has 1 aliphatic carbocycles. The van der Waals surface area contributed by atoms with E-state index in [1.807, 2.05) is 25.1 Å². The first-order valence-corrected chi connectivity index (χ1v) is 10.6. The predicted octanol–water partition coefficient (Wildman–Crippen LogP) is 6.90. The molecule has 1 aromatic heterocycles. The molecule has 150 valence electrons. The second-order valence-corrected chi connectivity index (χ2v) is 8.79. The highest BCUT2D eigenvalue weighted by molar-refractivity contribution is 6.01. The SMILES string of the molecule is CC1=Nc2c(F)cc(C3=CCc4nc(-c5ccccc5)ccc43)cc2C1(C)C(C)C. The van der Waals surface area contributed by atoms with E-state index >= 15 is 4.39 Å². The maximum Gasteiger partial charge on any atom is 0.149 e. The zero-order chi connectivity index (χ0) is 21.0. The van der Waals surface area contributed by atoms with E-state index in [-0.39, 0.29) is 11.2 Å². The molecule has 2 aliphatic rings. The Balaban J connectivity index is 1.57. The summed E-state index contributed by atoms with van der Waals surface area (Å²) in [6, 6.07) is 18.2. The maximum atomic E-state index is 15.1. The number of allylic oxidation sites excluding steroid dienone is 1. The summed E-state index contributed by atoms with van der Waals surface area (Å²) in [5, 5.41) is 0. The van der Waals surface area contributed by atoms with Crippen molar-refractivity contribution >= 4 is 17.0 Å². The lowest BCUT2D eigenvalue weighted by molar-refractivity contribution is 0.455. The Kier molecular flexibility index (Phi) is 4.25. The molecular formula is C27H25FN2. The molecule has 0 saturated heterocycles. The van der Waals surface area contributed by atoms with Crippen molar-refractivity contribution < 1.29 is 4.39 Å². The van der Waals surface area contributed by atoms with Crippen LogP contribution in [0.4, 0.5) is 10.1 Å². The van der Waals surface area contributed by atoms with Gasteiger partial charge >= 0.3 is 0 Å². The third-order valence-corrected chi connectivity index (χ3v) is 6.95. The largest absolute Gasteiger partial charge is 0.254 e. The normalized spacial score (nSPS) is 19.5. The average Bonchev–Trinajstić information content (AvgIpc) is 3.28. The van der Waals surface area contributed by atoms with E-state index in [1.54, 1.807) is 6.07 Å². The number of aromatic nitrogens is 1. The minimum atomic E-state index is -0.246. The van der Waals surface area contributed by atoms with Gasteiger partial charge in [-0.1, -0.05) is 56.3 Å². The standard InChI is InChI=1S/C27H25FN2/c1-16(2)27(4)17(3)29-26-22(27)14-19(15-23(26)28)20-10-13-25-21(20)11-12-24(30-25)18-8-6-5-7-9-18/h5-12,14-16H,13H2,1-4H3. The first-order chi connectivity index (χ1) is 14.4. The zero-order valence-electron chi connectivity index (χ0n) is 17.8. The van der Waals surface area contributed by atoms with Crippen LogP contribution in [0, 0.1) is 11.7 Å². The second-order valence-electron chi connectivity index (χ2n) is 8.79. The topological polar surface area (TPSA) is 25.2 Å². The third-order valence-electron chi connectivity index (χ3n) is 6.95. The van der Waals surface area contributed by atoms with E-state index in [1.165, 1.54) is 0 Å². The molecule has 0 N–H and O–H groups in total. The molecule has 30 heavy (non-hydrogen) atoms. The zero-order valence-corrected chi connectivity index (χ0v) is 17.8. The van der Waals surface area contributed by atoms with Gasteiger partial charge < -0.3 is 0 Å². The summed E-state index contributed by atoms with van der Waals surface area (Å²) in [5.74, 6) is 0.0894. The fraction of sp³-hybridized carbons (Fsp3) is 0.259. The monoisotopic (exact) mass is 396 g/mol. The first-order valence-electron chi connectivity index (χ1n) is 10.6. The van der Waals surface area contributed by atoms with Crippen LogP contribution in [0.1, 0.15) is 50.1 Å². The van der Waals surface area contributed by atoms with Crippen LogP contribution in [0.3, 0.4) is 0 Å². The van der Waals surface area contributed by atoms with Gasteiger partial charge in [0.05, 0.1) is 11.4 Å². The van der Waals surface area contributed by atoms with Gasteiger partial charge in [-0.2, -0.15) is 0 Å². The fourth-order valence-electron chi connectivity index (χ4n) is 4.73. The molecule has 3 heteroatoms. The lowest BCUT2D eigenvalue weighted by Gasteiger charge is -2.31. The highest BCUT2D eigenvalue weighted by Crippen LogP contribution is 2.48. The van der Waals surface area contributed by atoms with Crippen molar-refractivity contribution in [1.29, 1.82) is 0 Å². The molecule has 0 amide bonds. The van der Waals surface area contributed by atoms with Gasteiger partial charge in [-0.25, -0.2) is 4.39 Å². The van der Waals surface area contributed by atoms with Gasteiger partial charge in [0, 0.05) is 28.7 Å². The Morgan fingerprint density at radius 1 is 1.00 bits per heavy atom. The van der Waals surface area contributed by atoms with Crippen LogP contribution in [-0.4, -0.2) is 10.7 Å². The number of hydrogen-bond donors (Lipinski definition) is 0. The summed E-state index contributed by atoms with van der Waals surface area (Å²) < 4.78 is 15.1. The van der Waals surface area contributed by atoms with Crippen molar-refractivity contribution in [3.8, 4) is 11.3 Å². The fourth-order valence-corrected chi connectivity index (χ4v) is 4.73. The van der Waals surface area contributed by atoms with Crippen LogP contribution < -0.4 is 0 Å². The van der Waals surface area contributed by atoms with E-state index in [4.69, 9.17) is 4.98 Å². The van der Waals surface area contributed by atoms with E-state index in [0.29, 0.717) is 11.6 Å². The minimum absolute atomic E-state index is 0.241. The first kappa shape index (κ1) is 18.9. The molecule has 1 unspecified atom stereocenters. The van der Waals surface area contributed by atoms with Crippen molar-refractivity contribution in [3.05, 3.63) is 88.9 Å². The lowest BCUT2D eigenvalue weighted by Crippen LogP contribution is -2.33. The summed E-state index contributed by atoms with van der Waals surface area (Å²) in [6.07, 6.45) is 2.93. The average molecular weight is 397 g/mol. The number of nitrogens with zero attached hydrogens (tertiary/aromatic N) is 2. The number of aliphatic imine (C=N–C) groups is 1. The molecule has 2 aromatic carbocycles. The van der Waals surface area contributed by atoms with Gasteiger partial charge in [-0.05, 0) is 54.7 Å². The number of rotatable bonds is 3. The molecule has 2 heterocycles. The van der Waals surface area contributed by atoms with Crippen molar-refractivity contribution in [2.24, 2.45) is 10.9 Å². The molecule has 1 atom stereocenters. The Morgan fingerprint density at radius 2 is 1.77 bits per heavy atom. The maximum absolute atomic E-state index is 15.1. The molecule has 0 saturated carbocycles. The summed E-state index contributed by atoms with van der Waals surface area (Å²) in [5.41, 5.74) is 8.44. The van der Waals surface area contributed by atoms with Crippen LogP contribution in [0.5, 0.6) is 0 Å². The number of pyridine rings is 1. The lowest BCUT2D eigenvalue weighted by atomic mass is 9.71. The highest BCUT2D eigenvalue weighted by Gasteiger charge is 2.41. The molecule has 5 rings (SSSR count). The quantitative estimate of drug-likeness (QED) is 0.473. The van der Waals surface area contributed by atoms with Gasteiger partial charge in [-0.15, -0.1) is 0 Å². The molecule has 0 bridgehead atoms. The van der Waals surface area contributed by atoms with E-state index in [0.717, 1.165) is 51.3 Å². The highest BCUT2D eigenvalue weighted by atomic mass is 19.1. The summed E-state index contributed by atoms with van der Waals surface area (Å²) in [4.78, 5) is 9.49. The van der Waals surface area contributed by atoms with Crippen molar-refractivity contribution in [3.63, 3.8) is 0 Å². The van der Waals surface area contributed by atoms with Crippen molar-refractivity contribution in [2.75, 3.05) is 0 Å². The summed E-state index contributed by atoms with van der Waals surface area (Å²) >= 11 is 0. The predicted molar refractivity (Wildman–Crippen MR) is 122 cm³/mol. The smallest absolute Gasteiger partial charge is 0.149 e. The molecule has 0 fully saturated rings. The van der Waals surface area contributed by atoms with Crippen LogP contribution >= 0.6 is 0 Å². The van der Waals surface area contributed by atoms with Gasteiger partial charge in [0.15, 0.2) is 0 Å². The molecule has 3 aromatic rings. The molecular weight excluding hydrogens is 371 g/mol. The van der Waals surface area contributed by atoms with Crippen LogP contribution in [0.15, 0.2) is 65.7 Å². The minimum Gasteiger partial charge on any atom is -0.254 e. The van der Waals surface area contributed by atoms with Gasteiger partial charge in [0.1, 0.15) is 11.5 Å². The van der Waals surface area contributed by atoms with Crippen molar-refractivity contribution in [2.45, 2.75) is 39.5 Å². The Hall–Kier alpha value is -3.07. The second kappa shape index (κ2) is 6.73.